The fourth-order valence-electron chi connectivity index (χ4n) is 1.98. The number of rotatable bonds is 3. The molecule has 0 aliphatic carbocycles. The van der Waals surface area contributed by atoms with Crippen molar-refractivity contribution in [2.24, 2.45) is 11.5 Å². The molecule has 1 aromatic carbocycles. The van der Waals surface area contributed by atoms with Gasteiger partial charge in [-0.15, -0.1) is 0 Å². The van der Waals surface area contributed by atoms with Gasteiger partial charge in [0.1, 0.15) is 5.75 Å². The van der Waals surface area contributed by atoms with Gasteiger partial charge in [-0.1, -0.05) is 26.8 Å². The van der Waals surface area contributed by atoms with Crippen LogP contribution in [-0.4, -0.2) is 13.7 Å². The number of nitrogens with two attached hydrogens (primary N) is 2. The van der Waals surface area contributed by atoms with Crippen molar-refractivity contribution in [3.8, 4) is 5.75 Å². The van der Waals surface area contributed by atoms with E-state index in [1.807, 2.05) is 6.92 Å². The summed E-state index contributed by atoms with van der Waals surface area (Å²) in [6.07, 6.45) is 0. The van der Waals surface area contributed by atoms with Crippen LogP contribution >= 0.6 is 0 Å². The topological polar surface area (TPSA) is 61.3 Å². The Morgan fingerprint density at radius 2 is 1.88 bits per heavy atom. The fraction of sp³-hybridized carbons (Fsp3) is 0.571. The molecule has 17 heavy (non-hydrogen) atoms. The molecule has 0 fully saturated rings. The third-order valence-corrected chi connectivity index (χ3v) is 2.99. The van der Waals surface area contributed by atoms with Crippen LogP contribution in [0.4, 0.5) is 0 Å². The fourth-order valence-corrected chi connectivity index (χ4v) is 1.98. The number of hydrogen-bond acceptors (Lipinski definition) is 3. The van der Waals surface area contributed by atoms with E-state index in [-0.39, 0.29) is 11.5 Å². The molecular formula is C14H24N2O. The summed E-state index contributed by atoms with van der Waals surface area (Å²) in [6.45, 7) is 9.00. The molecule has 0 aromatic heterocycles. The van der Waals surface area contributed by atoms with E-state index in [4.69, 9.17) is 16.2 Å². The highest BCUT2D eigenvalue weighted by Crippen LogP contribution is 2.35. The van der Waals surface area contributed by atoms with Crippen LogP contribution in [0.25, 0.3) is 0 Å². The first-order valence-electron chi connectivity index (χ1n) is 5.96. The molecule has 96 valence electrons. The van der Waals surface area contributed by atoms with Crippen LogP contribution in [0.1, 0.15) is 43.5 Å². The van der Waals surface area contributed by atoms with Crippen LogP contribution in [0.2, 0.25) is 0 Å². The highest BCUT2D eigenvalue weighted by Gasteiger charge is 2.22. The molecule has 0 aliphatic rings. The zero-order valence-corrected chi connectivity index (χ0v) is 11.5. The maximum absolute atomic E-state index is 6.00. The lowest BCUT2D eigenvalue weighted by molar-refractivity contribution is 0.394. The van der Waals surface area contributed by atoms with E-state index < -0.39 is 0 Å². The minimum absolute atomic E-state index is 0.0282. The van der Waals surface area contributed by atoms with Gasteiger partial charge in [0.15, 0.2) is 0 Å². The predicted molar refractivity (Wildman–Crippen MR) is 72.4 cm³/mol. The van der Waals surface area contributed by atoms with Crippen LogP contribution in [0.3, 0.4) is 0 Å². The maximum Gasteiger partial charge on any atom is 0.125 e. The second-order valence-corrected chi connectivity index (χ2v) is 5.51. The molecule has 1 aromatic rings. The van der Waals surface area contributed by atoms with Crippen molar-refractivity contribution in [3.05, 3.63) is 28.8 Å². The molecule has 0 spiro atoms. The Morgan fingerprint density at radius 1 is 1.29 bits per heavy atom. The van der Waals surface area contributed by atoms with Gasteiger partial charge in [0, 0.05) is 18.2 Å². The number of benzene rings is 1. The number of aryl methyl sites for hydroxylation is 1. The van der Waals surface area contributed by atoms with Crippen LogP contribution in [0, 0.1) is 6.92 Å². The summed E-state index contributed by atoms with van der Waals surface area (Å²) in [4.78, 5) is 0. The van der Waals surface area contributed by atoms with Gasteiger partial charge < -0.3 is 16.2 Å². The Kier molecular flexibility index (Phi) is 4.17. The Bertz CT molecular complexity index is 394. The minimum atomic E-state index is -0.110. The monoisotopic (exact) mass is 236 g/mol. The summed E-state index contributed by atoms with van der Waals surface area (Å²) in [5, 5.41) is 0. The van der Waals surface area contributed by atoms with E-state index in [0.717, 1.165) is 16.9 Å². The van der Waals surface area contributed by atoms with Gasteiger partial charge >= 0.3 is 0 Å². The van der Waals surface area contributed by atoms with E-state index >= 15 is 0 Å². The zero-order valence-electron chi connectivity index (χ0n) is 11.5. The summed E-state index contributed by atoms with van der Waals surface area (Å²) in [6, 6.07) is 4.07. The van der Waals surface area contributed by atoms with Gasteiger partial charge in [-0.25, -0.2) is 0 Å². The lowest BCUT2D eigenvalue weighted by atomic mass is 9.83. The van der Waals surface area contributed by atoms with Crippen molar-refractivity contribution in [2.75, 3.05) is 13.7 Å². The zero-order chi connectivity index (χ0) is 13.2. The van der Waals surface area contributed by atoms with Crippen molar-refractivity contribution in [3.63, 3.8) is 0 Å². The van der Waals surface area contributed by atoms with E-state index in [9.17, 15) is 0 Å². The third kappa shape index (κ3) is 2.99. The quantitative estimate of drug-likeness (QED) is 0.846. The summed E-state index contributed by atoms with van der Waals surface area (Å²) in [5.74, 6) is 0.950. The number of methoxy groups -OCH3 is 1. The SMILES string of the molecule is COc1c(C)cc(C(N)CN)cc1C(C)(C)C. The lowest BCUT2D eigenvalue weighted by Crippen LogP contribution is -2.22. The van der Waals surface area contributed by atoms with Gasteiger partial charge in [-0.3, -0.25) is 0 Å². The molecular weight excluding hydrogens is 212 g/mol. The summed E-state index contributed by atoms with van der Waals surface area (Å²) >= 11 is 0. The highest BCUT2D eigenvalue weighted by atomic mass is 16.5. The summed E-state index contributed by atoms with van der Waals surface area (Å²) < 4.78 is 5.50. The normalized spacial score (nSPS) is 13.6. The predicted octanol–water partition coefficient (Wildman–Crippen LogP) is 2.26. The van der Waals surface area contributed by atoms with Gasteiger partial charge in [0.25, 0.3) is 0 Å². The molecule has 0 bridgehead atoms. The molecule has 0 amide bonds. The van der Waals surface area contributed by atoms with Gasteiger partial charge in [-0.2, -0.15) is 0 Å². The van der Waals surface area contributed by atoms with Crippen molar-refractivity contribution in [2.45, 2.75) is 39.2 Å². The second kappa shape index (κ2) is 5.07. The molecule has 3 nitrogen and oxygen atoms in total. The first kappa shape index (κ1) is 14.0. The van der Waals surface area contributed by atoms with E-state index in [2.05, 4.69) is 32.9 Å². The molecule has 0 saturated carbocycles. The minimum Gasteiger partial charge on any atom is -0.496 e. The van der Waals surface area contributed by atoms with Crippen molar-refractivity contribution < 1.29 is 4.74 Å². The highest BCUT2D eigenvalue weighted by molar-refractivity contribution is 5.48. The standard InChI is InChI=1S/C14H24N2O/c1-9-6-10(12(16)8-15)7-11(13(9)17-5)14(2,3)4/h6-7,12H,8,15-16H2,1-5H3. The molecule has 0 saturated heterocycles. The average molecular weight is 236 g/mol. The smallest absolute Gasteiger partial charge is 0.125 e. The Hall–Kier alpha value is -1.06. The summed E-state index contributed by atoms with van der Waals surface area (Å²) in [7, 11) is 1.71. The van der Waals surface area contributed by atoms with Gasteiger partial charge in [0.2, 0.25) is 0 Å². The molecule has 4 N–H and O–H groups in total. The maximum atomic E-state index is 6.00. The molecule has 1 rings (SSSR count). The van der Waals surface area contributed by atoms with E-state index in [1.54, 1.807) is 7.11 Å². The Balaban J connectivity index is 3.39. The first-order valence-corrected chi connectivity index (χ1v) is 5.96. The van der Waals surface area contributed by atoms with Gasteiger partial charge in [0.05, 0.1) is 7.11 Å². The van der Waals surface area contributed by atoms with Crippen LogP contribution in [0.15, 0.2) is 12.1 Å². The Labute approximate surface area is 104 Å². The van der Waals surface area contributed by atoms with Crippen LogP contribution in [-0.2, 0) is 5.41 Å². The van der Waals surface area contributed by atoms with Crippen molar-refractivity contribution in [1.29, 1.82) is 0 Å². The van der Waals surface area contributed by atoms with Gasteiger partial charge in [-0.05, 0) is 29.5 Å². The third-order valence-electron chi connectivity index (χ3n) is 2.99. The van der Waals surface area contributed by atoms with Crippen LogP contribution in [0.5, 0.6) is 5.75 Å². The summed E-state index contributed by atoms with van der Waals surface area (Å²) in [5.41, 5.74) is 15.0. The van der Waals surface area contributed by atoms with Crippen LogP contribution < -0.4 is 16.2 Å². The van der Waals surface area contributed by atoms with Crippen molar-refractivity contribution in [1.82, 2.24) is 0 Å². The van der Waals surface area contributed by atoms with Crippen molar-refractivity contribution >= 4 is 0 Å². The molecule has 1 unspecified atom stereocenters. The largest absolute Gasteiger partial charge is 0.496 e. The first-order chi connectivity index (χ1) is 7.81. The molecule has 1 atom stereocenters. The van der Waals surface area contributed by atoms with E-state index in [1.165, 1.54) is 5.56 Å². The molecule has 3 heteroatoms. The number of ether oxygens (including phenoxy) is 1. The Morgan fingerprint density at radius 3 is 2.29 bits per heavy atom. The van der Waals surface area contributed by atoms with E-state index in [0.29, 0.717) is 6.54 Å². The second-order valence-electron chi connectivity index (χ2n) is 5.51. The average Bonchev–Trinajstić information content (AvgIpc) is 2.25. The lowest BCUT2D eigenvalue weighted by Gasteiger charge is -2.25. The molecule has 0 radical (unpaired) electrons. The number of hydrogen-bond donors (Lipinski definition) is 2. The molecule has 0 aliphatic heterocycles. The molecule has 0 heterocycles.